The zero-order valence-electron chi connectivity index (χ0n) is 18.8. The van der Waals surface area contributed by atoms with Gasteiger partial charge in [0.25, 0.3) is 11.8 Å². The van der Waals surface area contributed by atoms with Crippen molar-refractivity contribution in [2.75, 3.05) is 31.7 Å². The van der Waals surface area contributed by atoms with E-state index in [1.807, 2.05) is 26.0 Å². The van der Waals surface area contributed by atoms with Gasteiger partial charge in [0.05, 0.1) is 23.2 Å². The molecule has 2 aliphatic rings. The smallest absolute Gasteiger partial charge is 0.291 e. The Morgan fingerprint density at radius 1 is 1.12 bits per heavy atom. The predicted molar refractivity (Wildman–Crippen MR) is 125 cm³/mol. The van der Waals surface area contributed by atoms with Gasteiger partial charge in [0, 0.05) is 25.8 Å². The molecule has 0 saturated heterocycles. The molecule has 2 amide bonds. The van der Waals surface area contributed by atoms with Gasteiger partial charge in [-0.25, -0.2) is 0 Å². The number of fused-ring (bicyclic) bond motifs is 5. The molecule has 0 unspecified atom stereocenters. The van der Waals surface area contributed by atoms with Crippen LogP contribution in [0.2, 0.25) is 0 Å². The Morgan fingerprint density at radius 2 is 1.85 bits per heavy atom. The highest BCUT2D eigenvalue weighted by atomic mass is 16.5. The fourth-order valence-electron chi connectivity index (χ4n) is 5.04. The second-order valence-electron chi connectivity index (χ2n) is 8.45. The molecule has 3 aromatic rings. The molecule has 0 aliphatic carbocycles. The summed E-state index contributed by atoms with van der Waals surface area (Å²) in [5.41, 5.74) is 1.52. The summed E-state index contributed by atoms with van der Waals surface area (Å²) in [7, 11) is 1.53. The number of anilines is 1. The molecule has 2 aromatic carbocycles. The highest BCUT2D eigenvalue weighted by Gasteiger charge is 2.64. The van der Waals surface area contributed by atoms with Gasteiger partial charge in [0.15, 0.2) is 11.0 Å². The van der Waals surface area contributed by atoms with Gasteiger partial charge in [-0.1, -0.05) is 24.3 Å². The Morgan fingerprint density at radius 3 is 2.58 bits per heavy atom. The van der Waals surface area contributed by atoms with Crippen molar-refractivity contribution < 1.29 is 18.7 Å². The molecule has 1 aromatic heterocycles. The average molecular weight is 444 g/mol. The summed E-state index contributed by atoms with van der Waals surface area (Å²) in [5, 5.41) is 0.352. The first-order valence-electron chi connectivity index (χ1n) is 10.8. The normalized spacial score (nSPS) is 19.0. The average Bonchev–Trinajstić information content (AvgIpc) is 3.19. The van der Waals surface area contributed by atoms with Gasteiger partial charge in [-0.15, -0.1) is 6.58 Å². The lowest BCUT2D eigenvalue weighted by atomic mass is 9.84. The monoisotopic (exact) mass is 444 g/mol. The number of ether oxygens (including phenoxy) is 1. The van der Waals surface area contributed by atoms with Crippen LogP contribution in [0.4, 0.5) is 5.69 Å². The molecular formula is C26H24N2O5. The molecule has 3 heterocycles. The summed E-state index contributed by atoms with van der Waals surface area (Å²) in [6, 6.07) is 10.8. The van der Waals surface area contributed by atoms with Crippen LogP contribution >= 0.6 is 0 Å². The molecule has 7 nitrogen and oxygen atoms in total. The van der Waals surface area contributed by atoms with E-state index in [-0.39, 0.29) is 42.4 Å². The van der Waals surface area contributed by atoms with Crippen LogP contribution in [0.25, 0.3) is 11.0 Å². The minimum Gasteiger partial charge on any atom is -0.450 e. The number of nitrogens with zero attached hydrogens (tertiary/aromatic N) is 2. The molecule has 0 radical (unpaired) electrons. The maximum absolute atomic E-state index is 14.1. The molecular weight excluding hydrogens is 420 g/mol. The Hall–Kier alpha value is -3.71. The van der Waals surface area contributed by atoms with Gasteiger partial charge >= 0.3 is 0 Å². The summed E-state index contributed by atoms with van der Waals surface area (Å²) in [4.78, 5) is 44.8. The minimum atomic E-state index is -1.61. The van der Waals surface area contributed by atoms with Gasteiger partial charge in [-0.2, -0.15) is 0 Å². The molecule has 0 N–H and O–H groups in total. The Bertz CT molecular complexity index is 1410. The zero-order valence-corrected chi connectivity index (χ0v) is 18.8. The Balaban J connectivity index is 1.91. The first-order chi connectivity index (χ1) is 15.9. The fraction of sp³-hybridized carbons (Fsp3) is 0.269. The molecule has 1 spiro atoms. The van der Waals surface area contributed by atoms with Crippen LogP contribution in [0.5, 0.6) is 0 Å². The van der Waals surface area contributed by atoms with Gasteiger partial charge in [0.2, 0.25) is 5.76 Å². The van der Waals surface area contributed by atoms with E-state index in [1.54, 1.807) is 35.2 Å². The van der Waals surface area contributed by atoms with Crippen molar-refractivity contribution in [3.05, 3.63) is 87.3 Å². The number of benzene rings is 2. The van der Waals surface area contributed by atoms with Crippen molar-refractivity contribution in [2.45, 2.75) is 19.4 Å². The molecule has 7 heteroatoms. The molecule has 5 rings (SSSR count). The second-order valence-corrected chi connectivity index (χ2v) is 8.45. The van der Waals surface area contributed by atoms with Crippen molar-refractivity contribution in [1.82, 2.24) is 4.90 Å². The molecule has 0 fully saturated rings. The maximum atomic E-state index is 14.1. The van der Waals surface area contributed by atoms with Crippen LogP contribution in [0.3, 0.4) is 0 Å². The second kappa shape index (κ2) is 7.42. The summed E-state index contributed by atoms with van der Waals surface area (Å²) in [6.45, 7) is 8.17. The van der Waals surface area contributed by atoms with E-state index in [9.17, 15) is 14.4 Å². The molecule has 33 heavy (non-hydrogen) atoms. The number of amides is 2. The predicted octanol–water partition coefficient (Wildman–Crippen LogP) is 3.29. The third kappa shape index (κ3) is 2.63. The van der Waals surface area contributed by atoms with Crippen LogP contribution in [0.15, 0.2) is 58.3 Å². The maximum Gasteiger partial charge on any atom is 0.291 e. The third-order valence-electron chi connectivity index (χ3n) is 6.68. The third-order valence-corrected chi connectivity index (χ3v) is 6.68. The zero-order chi connectivity index (χ0) is 23.5. The summed E-state index contributed by atoms with van der Waals surface area (Å²) >= 11 is 0. The number of carbonyl (C=O) groups is 2. The molecule has 168 valence electrons. The van der Waals surface area contributed by atoms with E-state index in [0.717, 1.165) is 11.1 Å². The molecule has 0 saturated carbocycles. The van der Waals surface area contributed by atoms with E-state index in [0.29, 0.717) is 22.2 Å². The molecule has 0 bridgehead atoms. The first-order valence-corrected chi connectivity index (χ1v) is 10.8. The van der Waals surface area contributed by atoms with Crippen LogP contribution in [0.1, 0.15) is 32.8 Å². The molecule has 2 aliphatic heterocycles. The van der Waals surface area contributed by atoms with Gasteiger partial charge in [-0.05, 0) is 43.2 Å². The molecule has 1 atom stereocenters. The van der Waals surface area contributed by atoms with Crippen molar-refractivity contribution in [2.24, 2.45) is 0 Å². The van der Waals surface area contributed by atoms with Crippen LogP contribution in [0, 0.1) is 13.8 Å². The van der Waals surface area contributed by atoms with Gasteiger partial charge in [0.1, 0.15) is 5.58 Å². The highest BCUT2D eigenvalue weighted by Crippen LogP contribution is 2.52. The quantitative estimate of drug-likeness (QED) is 0.564. The number of carbonyl (C=O) groups excluding carboxylic acids is 2. The topological polar surface area (TPSA) is 80.1 Å². The summed E-state index contributed by atoms with van der Waals surface area (Å²) in [5.74, 6) is -0.958. The highest BCUT2D eigenvalue weighted by molar-refractivity contribution is 6.17. The number of hydrogen-bond acceptors (Lipinski definition) is 5. The van der Waals surface area contributed by atoms with Crippen LogP contribution in [-0.4, -0.2) is 43.5 Å². The van der Waals surface area contributed by atoms with E-state index in [4.69, 9.17) is 9.15 Å². The lowest BCUT2D eigenvalue weighted by molar-refractivity contribution is -0.126. The minimum absolute atomic E-state index is 0.0726. The first kappa shape index (κ1) is 21.2. The van der Waals surface area contributed by atoms with E-state index >= 15 is 0 Å². The van der Waals surface area contributed by atoms with Crippen molar-refractivity contribution >= 4 is 28.5 Å². The van der Waals surface area contributed by atoms with Gasteiger partial charge < -0.3 is 19.0 Å². The van der Waals surface area contributed by atoms with Crippen molar-refractivity contribution in [3.63, 3.8) is 0 Å². The van der Waals surface area contributed by atoms with E-state index in [1.165, 1.54) is 12.0 Å². The van der Waals surface area contributed by atoms with Crippen molar-refractivity contribution in [3.8, 4) is 0 Å². The number of aryl methyl sites for hydroxylation is 2. The lowest BCUT2D eigenvalue weighted by Crippen LogP contribution is -2.54. The summed E-state index contributed by atoms with van der Waals surface area (Å²) in [6.07, 6.45) is 1.62. The Kier molecular flexibility index (Phi) is 4.76. The van der Waals surface area contributed by atoms with Crippen LogP contribution in [-0.2, 0) is 15.1 Å². The SMILES string of the molecule is C=CCN1C(=O)[C@@]2(c3ccccc31)c1c(oc3cc(C)c(C)cc3c1=O)C(=O)N2CCOC. The van der Waals surface area contributed by atoms with Crippen molar-refractivity contribution in [1.29, 1.82) is 0 Å². The number of methoxy groups -OCH3 is 1. The van der Waals surface area contributed by atoms with E-state index in [2.05, 4.69) is 6.58 Å². The van der Waals surface area contributed by atoms with E-state index < -0.39 is 11.4 Å². The summed E-state index contributed by atoms with van der Waals surface area (Å²) < 4.78 is 11.3. The number of hydrogen-bond donors (Lipinski definition) is 0. The number of para-hydroxylation sites is 1. The number of rotatable bonds is 5. The van der Waals surface area contributed by atoms with Gasteiger partial charge in [-0.3, -0.25) is 14.4 Å². The lowest BCUT2D eigenvalue weighted by Gasteiger charge is -2.34. The Labute approximate surface area is 190 Å². The largest absolute Gasteiger partial charge is 0.450 e. The van der Waals surface area contributed by atoms with Crippen LogP contribution < -0.4 is 10.3 Å². The standard InChI is InChI=1S/C26H24N2O5/c1-5-10-27-19-9-7-6-8-18(19)26(25(27)31)21-22(29)17-13-15(2)16(3)14-20(17)33-23(21)24(30)28(26)11-12-32-4/h5-9,13-14H,1,10-12H2,2-4H3/t26-/m1/s1. The fourth-order valence-corrected chi connectivity index (χ4v) is 5.04.